The topological polar surface area (TPSA) is 54.8 Å². The van der Waals surface area contributed by atoms with E-state index in [0.717, 1.165) is 12.3 Å². The summed E-state index contributed by atoms with van der Waals surface area (Å²) in [6.07, 6.45) is 1.16. The van der Waals surface area contributed by atoms with E-state index in [0.29, 0.717) is 5.69 Å². The van der Waals surface area contributed by atoms with Gasteiger partial charge in [-0.3, -0.25) is 9.97 Å². The molecule has 0 aromatic carbocycles. The minimum Gasteiger partial charge on any atom is -0.338 e. The molecule has 19 heavy (non-hydrogen) atoms. The summed E-state index contributed by atoms with van der Waals surface area (Å²) in [5.41, 5.74) is -0.352. The van der Waals surface area contributed by atoms with Crippen LogP contribution in [0.5, 0.6) is 0 Å². The molecule has 100 valence electrons. The minimum atomic E-state index is -4.48. The van der Waals surface area contributed by atoms with Gasteiger partial charge in [0.05, 0.1) is 18.4 Å². The van der Waals surface area contributed by atoms with Gasteiger partial charge in [0.15, 0.2) is 0 Å². The van der Waals surface area contributed by atoms with Crippen LogP contribution in [0, 0.1) is 0 Å². The summed E-state index contributed by atoms with van der Waals surface area (Å²) in [6.45, 7) is 0.273. The van der Waals surface area contributed by atoms with Gasteiger partial charge in [0.25, 0.3) is 0 Å². The number of aromatic nitrogens is 4. The third-order valence-electron chi connectivity index (χ3n) is 2.29. The van der Waals surface area contributed by atoms with Crippen molar-refractivity contribution in [2.45, 2.75) is 12.7 Å². The summed E-state index contributed by atoms with van der Waals surface area (Å²) in [6, 6.07) is 0.833. The zero-order chi connectivity index (χ0) is 13.9. The Labute approximate surface area is 107 Å². The molecule has 0 aliphatic carbocycles. The maximum Gasteiger partial charge on any atom is 0.433 e. The molecule has 0 N–H and O–H groups in total. The van der Waals surface area contributed by atoms with Crippen molar-refractivity contribution in [3.05, 3.63) is 42.2 Å². The first-order valence-corrected chi connectivity index (χ1v) is 5.33. The van der Waals surface area contributed by atoms with E-state index in [2.05, 4.69) is 19.9 Å². The van der Waals surface area contributed by atoms with Gasteiger partial charge in [0, 0.05) is 25.6 Å². The van der Waals surface area contributed by atoms with Crippen molar-refractivity contribution in [3.63, 3.8) is 0 Å². The van der Waals surface area contributed by atoms with Crippen LogP contribution in [-0.2, 0) is 12.7 Å². The van der Waals surface area contributed by atoms with Gasteiger partial charge in [-0.1, -0.05) is 0 Å². The zero-order valence-electron chi connectivity index (χ0n) is 9.96. The number of rotatable bonds is 3. The van der Waals surface area contributed by atoms with Crippen LogP contribution in [0.3, 0.4) is 0 Å². The van der Waals surface area contributed by atoms with E-state index in [-0.39, 0.29) is 12.5 Å². The summed E-state index contributed by atoms with van der Waals surface area (Å²) in [7, 11) is 1.59. The van der Waals surface area contributed by atoms with E-state index in [1.54, 1.807) is 7.05 Å². The lowest BCUT2D eigenvalue weighted by atomic mass is 10.4. The summed E-state index contributed by atoms with van der Waals surface area (Å²) in [5.74, 6) is -0.0134. The van der Waals surface area contributed by atoms with E-state index < -0.39 is 11.9 Å². The van der Waals surface area contributed by atoms with Crippen LogP contribution in [0.1, 0.15) is 11.4 Å². The second-order valence-electron chi connectivity index (χ2n) is 3.79. The molecule has 0 unspecified atom stereocenters. The van der Waals surface area contributed by atoms with Crippen molar-refractivity contribution in [1.82, 2.24) is 19.9 Å². The summed E-state index contributed by atoms with van der Waals surface area (Å²) >= 11 is 0. The molecule has 8 heteroatoms. The predicted molar refractivity (Wildman–Crippen MR) is 61.2 cm³/mol. The van der Waals surface area contributed by atoms with E-state index in [9.17, 15) is 13.2 Å². The standard InChI is InChI=1S/C11H10F3N5/c1-19(7-8-6-15-4-5-16-8)10-17-3-2-9(18-10)11(12,13)14/h2-6H,7H2,1H3. The molecule has 0 saturated heterocycles. The summed E-state index contributed by atoms with van der Waals surface area (Å²) < 4.78 is 37.6. The SMILES string of the molecule is CN(Cc1cnccn1)c1nccc(C(F)(F)F)n1. The predicted octanol–water partition coefficient (Wildman–Crippen LogP) is 1.92. The lowest BCUT2D eigenvalue weighted by Gasteiger charge is -2.17. The van der Waals surface area contributed by atoms with Gasteiger partial charge in [-0.15, -0.1) is 0 Å². The highest BCUT2D eigenvalue weighted by atomic mass is 19.4. The Morgan fingerprint density at radius 3 is 2.58 bits per heavy atom. The lowest BCUT2D eigenvalue weighted by Crippen LogP contribution is -2.21. The van der Waals surface area contributed by atoms with E-state index >= 15 is 0 Å². The molecule has 0 spiro atoms. The van der Waals surface area contributed by atoms with Crippen LogP contribution >= 0.6 is 0 Å². The molecular weight excluding hydrogens is 259 g/mol. The average molecular weight is 269 g/mol. The number of hydrogen-bond acceptors (Lipinski definition) is 5. The summed E-state index contributed by atoms with van der Waals surface area (Å²) in [5, 5.41) is 0. The quantitative estimate of drug-likeness (QED) is 0.852. The molecule has 0 aliphatic rings. The molecule has 0 saturated carbocycles. The lowest BCUT2D eigenvalue weighted by molar-refractivity contribution is -0.141. The zero-order valence-corrected chi connectivity index (χ0v) is 9.96. The molecule has 0 atom stereocenters. The van der Waals surface area contributed by atoms with Crippen molar-refractivity contribution in [2.75, 3.05) is 11.9 Å². The van der Waals surface area contributed by atoms with E-state index in [4.69, 9.17) is 0 Å². The molecule has 0 aliphatic heterocycles. The second-order valence-corrected chi connectivity index (χ2v) is 3.79. The largest absolute Gasteiger partial charge is 0.433 e. The first-order valence-electron chi connectivity index (χ1n) is 5.33. The fraction of sp³-hybridized carbons (Fsp3) is 0.273. The van der Waals surface area contributed by atoms with E-state index in [1.807, 2.05) is 0 Å². The molecule has 0 radical (unpaired) electrons. The number of halogens is 3. The number of alkyl halides is 3. The third kappa shape index (κ3) is 3.36. The van der Waals surface area contributed by atoms with Crippen LogP contribution in [-0.4, -0.2) is 27.0 Å². The van der Waals surface area contributed by atoms with Gasteiger partial charge in [0.2, 0.25) is 5.95 Å². The molecule has 2 aromatic heterocycles. The Hall–Kier alpha value is -2.25. The highest BCUT2D eigenvalue weighted by molar-refractivity contribution is 5.30. The van der Waals surface area contributed by atoms with Crippen molar-refractivity contribution in [2.24, 2.45) is 0 Å². The Bertz CT molecular complexity index is 544. The summed E-state index contributed by atoms with van der Waals surface area (Å²) in [4.78, 5) is 16.7. The fourth-order valence-electron chi connectivity index (χ4n) is 1.42. The van der Waals surface area contributed by atoms with Crippen LogP contribution in [0.2, 0.25) is 0 Å². The van der Waals surface area contributed by atoms with Gasteiger partial charge < -0.3 is 4.90 Å². The first-order chi connectivity index (χ1) is 8.97. The van der Waals surface area contributed by atoms with Gasteiger partial charge >= 0.3 is 6.18 Å². The molecule has 2 rings (SSSR count). The van der Waals surface area contributed by atoms with Crippen LogP contribution in [0.25, 0.3) is 0 Å². The number of nitrogens with zero attached hydrogens (tertiary/aromatic N) is 5. The second kappa shape index (κ2) is 5.17. The monoisotopic (exact) mass is 269 g/mol. The maximum atomic E-state index is 12.5. The smallest absolute Gasteiger partial charge is 0.338 e. The maximum absolute atomic E-state index is 12.5. The average Bonchev–Trinajstić information content (AvgIpc) is 2.39. The molecular formula is C11H10F3N5. The van der Waals surface area contributed by atoms with Crippen molar-refractivity contribution < 1.29 is 13.2 Å². The van der Waals surface area contributed by atoms with Gasteiger partial charge in [0.1, 0.15) is 5.69 Å². The molecule has 0 fully saturated rings. The fourth-order valence-corrected chi connectivity index (χ4v) is 1.42. The molecule has 0 amide bonds. The highest BCUT2D eigenvalue weighted by Gasteiger charge is 2.33. The van der Waals surface area contributed by atoms with Gasteiger partial charge in [-0.25, -0.2) is 9.97 Å². The normalized spacial score (nSPS) is 11.4. The molecule has 0 bridgehead atoms. The Morgan fingerprint density at radius 1 is 1.16 bits per heavy atom. The molecule has 5 nitrogen and oxygen atoms in total. The van der Waals surface area contributed by atoms with E-state index in [1.165, 1.54) is 23.5 Å². The van der Waals surface area contributed by atoms with Crippen LogP contribution in [0.4, 0.5) is 19.1 Å². The Kier molecular flexibility index (Phi) is 3.59. The Balaban J connectivity index is 2.18. The highest BCUT2D eigenvalue weighted by Crippen LogP contribution is 2.28. The van der Waals surface area contributed by atoms with Crippen LogP contribution in [0.15, 0.2) is 30.9 Å². The van der Waals surface area contributed by atoms with Crippen molar-refractivity contribution in [1.29, 1.82) is 0 Å². The molecule has 2 aromatic rings. The van der Waals surface area contributed by atoms with Gasteiger partial charge in [-0.2, -0.15) is 13.2 Å². The number of hydrogen-bond donors (Lipinski definition) is 0. The van der Waals surface area contributed by atoms with Crippen LogP contribution < -0.4 is 4.90 Å². The van der Waals surface area contributed by atoms with Crippen molar-refractivity contribution >= 4 is 5.95 Å². The number of anilines is 1. The molecule has 2 heterocycles. The van der Waals surface area contributed by atoms with Crippen molar-refractivity contribution in [3.8, 4) is 0 Å². The first kappa shape index (κ1) is 13.2. The Morgan fingerprint density at radius 2 is 1.95 bits per heavy atom. The van der Waals surface area contributed by atoms with Gasteiger partial charge in [-0.05, 0) is 6.07 Å². The third-order valence-corrected chi connectivity index (χ3v) is 2.29. The minimum absolute atomic E-state index is 0.0134.